The summed E-state index contributed by atoms with van der Waals surface area (Å²) in [7, 11) is 0. The third-order valence-corrected chi connectivity index (χ3v) is 4.89. The quantitative estimate of drug-likeness (QED) is 0.907. The largest absolute Gasteiger partial charge is 0.408 e. The lowest BCUT2D eigenvalue weighted by atomic mass is 9.94. The molecule has 1 amide bonds. The standard InChI is InChI=1S/C14H20N4O2/c19-11(18-7-5-14(3-4-14)6-8-18)9-15-13-17-16-12(20-13)10-1-2-10/h10H,1-9H2,(H,15,17). The molecule has 3 aliphatic rings. The number of amides is 1. The zero-order valence-electron chi connectivity index (χ0n) is 11.6. The van der Waals surface area contributed by atoms with E-state index in [1.54, 1.807) is 0 Å². The minimum Gasteiger partial charge on any atom is -0.408 e. The first-order valence-electron chi connectivity index (χ1n) is 7.59. The number of nitrogens with zero attached hydrogens (tertiary/aromatic N) is 3. The third kappa shape index (κ3) is 2.39. The summed E-state index contributed by atoms with van der Waals surface area (Å²) in [6, 6.07) is 0.371. The van der Waals surface area contributed by atoms with Gasteiger partial charge in [-0.1, -0.05) is 5.10 Å². The minimum absolute atomic E-state index is 0.131. The lowest BCUT2D eigenvalue weighted by Gasteiger charge is -2.32. The van der Waals surface area contributed by atoms with Crippen molar-refractivity contribution in [2.24, 2.45) is 5.41 Å². The van der Waals surface area contributed by atoms with E-state index < -0.39 is 0 Å². The highest BCUT2D eigenvalue weighted by Gasteiger charge is 2.45. The highest BCUT2D eigenvalue weighted by Crippen LogP contribution is 2.53. The number of carbonyl (C=O) groups is 1. The SMILES string of the molecule is O=C(CNc1nnc(C2CC2)o1)N1CCC2(CC1)CC2. The summed E-state index contributed by atoms with van der Waals surface area (Å²) in [5.74, 6) is 1.28. The number of hydrogen-bond donors (Lipinski definition) is 1. The van der Waals surface area contributed by atoms with Crippen LogP contribution in [0.25, 0.3) is 0 Å². The molecule has 0 aromatic carbocycles. The molecule has 1 aromatic rings. The average Bonchev–Trinajstić information content (AvgIpc) is 3.39. The van der Waals surface area contributed by atoms with Gasteiger partial charge < -0.3 is 14.6 Å². The molecule has 1 aromatic heterocycles. The van der Waals surface area contributed by atoms with E-state index in [1.165, 1.54) is 25.7 Å². The van der Waals surface area contributed by atoms with E-state index in [-0.39, 0.29) is 12.5 Å². The van der Waals surface area contributed by atoms with Crippen molar-refractivity contribution >= 4 is 11.9 Å². The van der Waals surface area contributed by atoms with Crippen molar-refractivity contribution < 1.29 is 9.21 Å². The molecule has 0 atom stereocenters. The molecular formula is C14H20N4O2. The van der Waals surface area contributed by atoms with E-state index in [0.29, 0.717) is 23.2 Å². The molecule has 4 rings (SSSR count). The smallest absolute Gasteiger partial charge is 0.315 e. The maximum atomic E-state index is 12.1. The van der Waals surface area contributed by atoms with Crippen molar-refractivity contribution in [3.8, 4) is 0 Å². The van der Waals surface area contributed by atoms with Gasteiger partial charge in [0.1, 0.15) is 0 Å². The second-order valence-corrected chi connectivity index (χ2v) is 6.45. The number of nitrogens with one attached hydrogen (secondary N) is 1. The molecule has 2 heterocycles. The van der Waals surface area contributed by atoms with Gasteiger partial charge in [-0.3, -0.25) is 4.79 Å². The molecule has 0 unspecified atom stereocenters. The lowest BCUT2D eigenvalue weighted by Crippen LogP contribution is -2.41. The fourth-order valence-corrected chi connectivity index (χ4v) is 2.97. The maximum Gasteiger partial charge on any atom is 0.315 e. The van der Waals surface area contributed by atoms with Gasteiger partial charge in [-0.15, -0.1) is 5.10 Å². The van der Waals surface area contributed by atoms with Crippen LogP contribution in [0.4, 0.5) is 6.01 Å². The normalized spacial score (nSPS) is 23.9. The van der Waals surface area contributed by atoms with E-state index >= 15 is 0 Å². The monoisotopic (exact) mass is 276 g/mol. The van der Waals surface area contributed by atoms with Crippen LogP contribution in [-0.4, -0.2) is 40.6 Å². The number of anilines is 1. The van der Waals surface area contributed by atoms with Crippen LogP contribution in [0, 0.1) is 5.41 Å². The Labute approximate surface area is 117 Å². The van der Waals surface area contributed by atoms with Gasteiger partial charge in [-0.05, 0) is 43.9 Å². The van der Waals surface area contributed by atoms with E-state index in [0.717, 1.165) is 25.9 Å². The number of rotatable bonds is 4. The van der Waals surface area contributed by atoms with Crippen molar-refractivity contribution in [2.45, 2.75) is 44.4 Å². The van der Waals surface area contributed by atoms with Gasteiger partial charge in [0.25, 0.3) is 0 Å². The van der Waals surface area contributed by atoms with Crippen molar-refractivity contribution in [3.63, 3.8) is 0 Å². The Morgan fingerprint density at radius 1 is 1.25 bits per heavy atom. The first kappa shape index (κ1) is 12.2. The molecule has 108 valence electrons. The van der Waals surface area contributed by atoms with Gasteiger partial charge >= 0.3 is 6.01 Å². The Hall–Kier alpha value is -1.59. The molecule has 6 nitrogen and oxygen atoms in total. The Morgan fingerprint density at radius 2 is 2.00 bits per heavy atom. The molecule has 0 bridgehead atoms. The van der Waals surface area contributed by atoms with Crippen LogP contribution in [0.5, 0.6) is 0 Å². The van der Waals surface area contributed by atoms with Crippen LogP contribution in [0.1, 0.15) is 50.3 Å². The highest BCUT2D eigenvalue weighted by atomic mass is 16.4. The number of likely N-dealkylation sites (tertiary alicyclic amines) is 1. The molecular weight excluding hydrogens is 256 g/mol. The Morgan fingerprint density at radius 3 is 2.65 bits per heavy atom. The first-order chi connectivity index (χ1) is 9.74. The molecule has 20 heavy (non-hydrogen) atoms. The summed E-state index contributed by atoms with van der Waals surface area (Å²) in [6.07, 6.45) is 7.33. The number of hydrogen-bond acceptors (Lipinski definition) is 5. The van der Waals surface area contributed by atoms with Gasteiger partial charge in [-0.25, -0.2) is 0 Å². The molecule has 1 saturated heterocycles. The van der Waals surface area contributed by atoms with E-state index in [1.807, 2.05) is 4.90 Å². The summed E-state index contributed by atoms with van der Waals surface area (Å²) in [4.78, 5) is 14.1. The van der Waals surface area contributed by atoms with Crippen molar-refractivity contribution in [3.05, 3.63) is 5.89 Å². The summed E-state index contributed by atoms with van der Waals surface area (Å²) in [5.41, 5.74) is 0.607. The average molecular weight is 276 g/mol. The van der Waals surface area contributed by atoms with Gasteiger partial charge in [0.2, 0.25) is 11.8 Å². The molecule has 2 saturated carbocycles. The topological polar surface area (TPSA) is 71.3 Å². The van der Waals surface area contributed by atoms with Crippen molar-refractivity contribution in [1.29, 1.82) is 0 Å². The lowest BCUT2D eigenvalue weighted by molar-refractivity contribution is -0.130. The summed E-state index contributed by atoms with van der Waals surface area (Å²) in [5, 5.41) is 10.9. The molecule has 1 N–H and O–H groups in total. The second kappa shape index (κ2) is 4.46. The number of carbonyl (C=O) groups excluding carboxylic acids is 1. The van der Waals surface area contributed by atoms with Crippen molar-refractivity contribution in [2.75, 3.05) is 25.0 Å². The fourth-order valence-electron chi connectivity index (χ4n) is 2.97. The summed E-state index contributed by atoms with van der Waals surface area (Å²) in [6.45, 7) is 2.05. The Bertz CT molecular complexity index is 509. The molecule has 6 heteroatoms. The van der Waals surface area contributed by atoms with Crippen LogP contribution in [-0.2, 0) is 4.79 Å². The maximum absolute atomic E-state index is 12.1. The van der Waals surface area contributed by atoms with Gasteiger partial charge in [0.15, 0.2) is 0 Å². The zero-order valence-corrected chi connectivity index (χ0v) is 11.6. The fraction of sp³-hybridized carbons (Fsp3) is 0.786. The van der Waals surface area contributed by atoms with E-state index in [2.05, 4.69) is 15.5 Å². The van der Waals surface area contributed by atoms with Crippen LogP contribution in [0.2, 0.25) is 0 Å². The number of aromatic nitrogens is 2. The molecule has 0 radical (unpaired) electrons. The predicted molar refractivity (Wildman–Crippen MR) is 72.2 cm³/mol. The molecule has 3 fully saturated rings. The van der Waals surface area contributed by atoms with Gasteiger partial charge in [0.05, 0.1) is 6.54 Å². The second-order valence-electron chi connectivity index (χ2n) is 6.45. The molecule has 2 aliphatic carbocycles. The van der Waals surface area contributed by atoms with Gasteiger partial charge in [-0.2, -0.15) is 0 Å². The van der Waals surface area contributed by atoms with Crippen LogP contribution < -0.4 is 5.32 Å². The summed E-state index contributed by atoms with van der Waals surface area (Å²) < 4.78 is 5.48. The van der Waals surface area contributed by atoms with Crippen LogP contribution in [0.15, 0.2) is 4.42 Å². The first-order valence-corrected chi connectivity index (χ1v) is 7.59. The zero-order chi connectivity index (χ0) is 13.6. The molecule has 1 aliphatic heterocycles. The minimum atomic E-state index is 0.131. The van der Waals surface area contributed by atoms with Gasteiger partial charge in [0, 0.05) is 19.0 Å². The van der Waals surface area contributed by atoms with E-state index in [4.69, 9.17) is 4.42 Å². The Balaban J connectivity index is 1.26. The molecule has 1 spiro atoms. The summed E-state index contributed by atoms with van der Waals surface area (Å²) >= 11 is 0. The predicted octanol–water partition coefficient (Wildman–Crippen LogP) is 1.76. The highest BCUT2D eigenvalue weighted by molar-refractivity contribution is 5.80. The Kier molecular flexibility index (Phi) is 2.72. The van der Waals surface area contributed by atoms with Crippen molar-refractivity contribution in [1.82, 2.24) is 15.1 Å². The van der Waals surface area contributed by atoms with Crippen LogP contribution in [0.3, 0.4) is 0 Å². The third-order valence-electron chi connectivity index (χ3n) is 4.89. The number of piperidine rings is 1. The van der Waals surface area contributed by atoms with Crippen LogP contribution >= 0.6 is 0 Å². The van der Waals surface area contributed by atoms with E-state index in [9.17, 15) is 4.79 Å².